The molecule has 6 heteroatoms. The number of fused-ring (bicyclic) bond motifs is 6. The summed E-state index contributed by atoms with van der Waals surface area (Å²) in [6, 6.07) is 85.2. The molecule has 0 amide bonds. The fourth-order valence-corrected chi connectivity index (χ4v) is 9.74. The summed E-state index contributed by atoms with van der Waals surface area (Å²) in [5.41, 5.74) is 15.6. The minimum atomic E-state index is 0.551. The summed E-state index contributed by atoms with van der Waals surface area (Å²) in [5.74, 6) is 1.76. The van der Waals surface area contributed by atoms with Crippen molar-refractivity contribution in [2.45, 2.75) is 0 Å². The number of benzene rings is 9. The molecule has 0 saturated carbocycles. The van der Waals surface area contributed by atoms with Gasteiger partial charge in [0, 0.05) is 49.5 Å². The number of hydrogen-bond acceptors (Lipinski definition) is 4. The van der Waals surface area contributed by atoms with Gasteiger partial charge in [-0.1, -0.05) is 188 Å². The molecule has 0 fully saturated rings. The van der Waals surface area contributed by atoms with Gasteiger partial charge in [-0.3, -0.25) is 4.57 Å². The van der Waals surface area contributed by atoms with E-state index in [1.165, 1.54) is 10.8 Å². The number of aromatic nitrogens is 6. The molecule has 0 atom stereocenters. The molecule has 0 spiro atoms. The van der Waals surface area contributed by atoms with Crippen molar-refractivity contribution in [3.63, 3.8) is 0 Å². The first kappa shape index (κ1) is 39.1. The van der Waals surface area contributed by atoms with Crippen molar-refractivity contribution in [1.82, 2.24) is 29.1 Å². The van der Waals surface area contributed by atoms with Crippen molar-refractivity contribution in [1.29, 1.82) is 0 Å². The first-order chi connectivity index (χ1) is 33.7. The van der Waals surface area contributed by atoms with Gasteiger partial charge in [-0.2, -0.15) is 9.97 Å². The van der Waals surface area contributed by atoms with Crippen LogP contribution in [-0.4, -0.2) is 29.1 Å². The van der Waals surface area contributed by atoms with Crippen LogP contribution in [-0.2, 0) is 0 Å². The SMILES string of the molecule is c1ccc(-c2cccc(-c3nc(-c4ccccc4)nc(-n4c5ccccc5c5cc6c7ccccc7n(-c7cccc(-c8cc(-c9ccccc9)nc(-c9ccccc9)c8)c7)c6cc54)n3)c2)cc1. The summed E-state index contributed by atoms with van der Waals surface area (Å²) >= 11 is 0. The van der Waals surface area contributed by atoms with Crippen LogP contribution in [0.5, 0.6) is 0 Å². The Bertz CT molecular complexity index is 3950. The first-order valence-corrected chi connectivity index (χ1v) is 22.9. The topological polar surface area (TPSA) is 61.4 Å². The van der Waals surface area contributed by atoms with Crippen LogP contribution in [0.4, 0.5) is 0 Å². The van der Waals surface area contributed by atoms with E-state index in [9.17, 15) is 0 Å². The molecule has 9 aromatic carbocycles. The number of rotatable bonds is 8. The minimum absolute atomic E-state index is 0.551. The number of hydrogen-bond donors (Lipinski definition) is 0. The summed E-state index contributed by atoms with van der Waals surface area (Å²) in [6.07, 6.45) is 0. The maximum atomic E-state index is 5.34. The largest absolute Gasteiger partial charge is 0.309 e. The molecule has 4 heterocycles. The third-order valence-corrected chi connectivity index (χ3v) is 13.0. The van der Waals surface area contributed by atoms with Gasteiger partial charge < -0.3 is 4.57 Å². The molecule has 0 N–H and O–H groups in total. The molecule has 0 aliphatic rings. The summed E-state index contributed by atoms with van der Waals surface area (Å²) < 4.78 is 4.62. The highest BCUT2D eigenvalue weighted by molar-refractivity contribution is 6.19. The van der Waals surface area contributed by atoms with Gasteiger partial charge in [0.15, 0.2) is 11.6 Å². The average Bonchev–Trinajstić information content (AvgIpc) is 3.93. The summed E-state index contributed by atoms with van der Waals surface area (Å²) in [4.78, 5) is 20.9. The molecule has 0 saturated heterocycles. The van der Waals surface area contributed by atoms with E-state index in [2.05, 4.69) is 215 Å². The fourth-order valence-electron chi connectivity index (χ4n) is 9.74. The van der Waals surface area contributed by atoms with E-state index in [1.807, 2.05) is 36.4 Å². The fraction of sp³-hybridized carbons (Fsp3) is 0. The van der Waals surface area contributed by atoms with Crippen molar-refractivity contribution in [2.75, 3.05) is 0 Å². The predicted molar refractivity (Wildman–Crippen MR) is 279 cm³/mol. The van der Waals surface area contributed by atoms with Crippen molar-refractivity contribution in [3.05, 3.63) is 243 Å². The minimum Gasteiger partial charge on any atom is -0.309 e. The third kappa shape index (κ3) is 6.82. The number of nitrogens with zero attached hydrogens (tertiary/aromatic N) is 6. The van der Waals surface area contributed by atoms with Crippen LogP contribution in [0.15, 0.2) is 243 Å². The van der Waals surface area contributed by atoms with Crippen LogP contribution in [0.25, 0.3) is 123 Å². The third-order valence-electron chi connectivity index (χ3n) is 13.0. The van der Waals surface area contributed by atoms with Crippen LogP contribution >= 0.6 is 0 Å². The van der Waals surface area contributed by atoms with Gasteiger partial charge in [-0.05, 0) is 76.9 Å². The van der Waals surface area contributed by atoms with Gasteiger partial charge in [-0.25, -0.2) is 9.97 Å². The second-order valence-corrected chi connectivity index (χ2v) is 17.1. The maximum Gasteiger partial charge on any atom is 0.238 e. The molecule has 0 aliphatic heterocycles. The summed E-state index contributed by atoms with van der Waals surface area (Å²) in [6.45, 7) is 0. The lowest BCUT2D eigenvalue weighted by Crippen LogP contribution is -2.06. The molecule has 4 aromatic heterocycles. The van der Waals surface area contributed by atoms with E-state index in [0.29, 0.717) is 17.6 Å². The average molecular weight is 869 g/mol. The molecule has 0 bridgehead atoms. The molecule has 13 aromatic rings. The Morgan fingerprint density at radius 2 is 0.691 bits per heavy atom. The first-order valence-electron chi connectivity index (χ1n) is 22.9. The molecular formula is C62H40N6. The normalized spacial score (nSPS) is 11.5. The Morgan fingerprint density at radius 3 is 1.31 bits per heavy atom. The highest BCUT2D eigenvalue weighted by Crippen LogP contribution is 2.41. The highest BCUT2D eigenvalue weighted by Gasteiger charge is 2.22. The van der Waals surface area contributed by atoms with Crippen LogP contribution in [0.3, 0.4) is 0 Å². The van der Waals surface area contributed by atoms with Crippen molar-refractivity contribution in [2.24, 2.45) is 0 Å². The van der Waals surface area contributed by atoms with E-state index in [1.54, 1.807) is 0 Å². The van der Waals surface area contributed by atoms with Gasteiger partial charge >= 0.3 is 0 Å². The molecule has 13 rings (SSSR count). The second-order valence-electron chi connectivity index (χ2n) is 17.1. The Hall–Kier alpha value is -9.26. The van der Waals surface area contributed by atoms with E-state index in [-0.39, 0.29) is 0 Å². The van der Waals surface area contributed by atoms with Gasteiger partial charge in [-0.15, -0.1) is 0 Å². The van der Waals surface area contributed by atoms with E-state index < -0.39 is 0 Å². The number of para-hydroxylation sites is 2. The van der Waals surface area contributed by atoms with Crippen molar-refractivity contribution in [3.8, 4) is 79.2 Å². The molecule has 6 nitrogen and oxygen atoms in total. The molecular weight excluding hydrogens is 829 g/mol. The van der Waals surface area contributed by atoms with E-state index in [4.69, 9.17) is 19.9 Å². The number of pyridine rings is 1. The zero-order valence-electron chi connectivity index (χ0n) is 36.8. The van der Waals surface area contributed by atoms with Crippen LogP contribution in [0.2, 0.25) is 0 Å². The quantitative estimate of drug-likeness (QED) is 0.153. The lowest BCUT2D eigenvalue weighted by atomic mass is 9.99. The van der Waals surface area contributed by atoms with Gasteiger partial charge in [0.1, 0.15) is 0 Å². The van der Waals surface area contributed by atoms with Gasteiger partial charge in [0.25, 0.3) is 0 Å². The second kappa shape index (κ2) is 16.3. The maximum absolute atomic E-state index is 5.34. The molecule has 68 heavy (non-hydrogen) atoms. The van der Waals surface area contributed by atoms with Gasteiger partial charge in [0.2, 0.25) is 5.95 Å². The smallest absolute Gasteiger partial charge is 0.238 e. The monoisotopic (exact) mass is 868 g/mol. The Labute approximate surface area is 392 Å². The summed E-state index contributed by atoms with van der Waals surface area (Å²) in [5, 5.41) is 4.60. The standard InChI is InChI=1S/C62H40N6/c1-5-19-41(20-6-1)45-27-17-29-47(35-45)61-64-60(44-25-11-4-12-26-44)65-62(66-61)68-57-34-16-14-32-51(57)53-39-52-50-31-13-15-33-56(50)67(58(52)40-59(53)68)49-30-18-28-46(36-49)48-37-54(42-21-7-2-8-22-42)63-55(38-48)43-23-9-3-10-24-43/h1-40H. The lowest BCUT2D eigenvalue weighted by Gasteiger charge is -2.13. The van der Waals surface area contributed by atoms with Crippen LogP contribution < -0.4 is 0 Å². The Morgan fingerprint density at radius 1 is 0.235 bits per heavy atom. The van der Waals surface area contributed by atoms with E-state index >= 15 is 0 Å². The zero-order valence-corrected chi connectivity index (χ0v) is 36.8. The van der Waals surface area contributed by atoms with Gasteiger partial charge in [0.05, 0.1) is 33.5 Å². The van der Waals surface area contributed by atoms with Crippen LogP contribution in [0.1, 0.15) is 0 Å². The molecule has 318 valence electrons. The Kier molecular flexibility index (Phi) is 9.39. The van der Waals surface area contributed by atoms with E-state index in [0.717, 1.165) is 94.4 Å². The zero-order chi connectivity index (χ0) is 45.0. The molecule has 0 aliphatic carbocycles. The van der Waals surface area contributed by atoms with Crippen molar-refractivity contribution < 1.29 is 0 Å². The molecule has 0 radical (unpaired) electrons. The molecule has 0 unspecified atom stereocenters. The van der Waals surface area contributed by atoms with Crippen molar-refractivity contribution >= 4 is 43.6 Å². The Balaban J connectivity index is 1.03. The predicted octanol–water partition coefficient (Wildman–Crippen LogP) is 15.5. The van der Waals surface area contributed by atoms with Crippen LogP contribution in [0, 0.1) is 0 Å². The highest BCUT2D eigenvalue weighted by atomic mass is 15.2. The summed E-state index contributed by atoms with van der Waals surface area (Å²) in [7, 11) is 0. The lowest BCUT2D eigenvalue weighted by molar-refractivity contribution is 0.953.